The van der Waals surface area contributed by atoms with Gasteiger partial charge in [0.1, 0.15) is 0 Å². The number of hydrogen-bond donors (Lipinski definition) is 0. The van der Waals surface area contributed by atoms with Crippen LogP contribution in [-0.4, -0.2) is 14.7 Å². The average molecular weight is 611 g/mol. The van der Waals surface area contributed by atoms with Crippen molar-refractivity contribution in [1.29, 1.82) is 0 Å². The zero-order chi connectivity index (χ0) is 30.9. The Bertz CT molecular complexity index is 2310. The summed E-state index contributed by atoms with van der Waals surface area (Å²) in [5.41, 5.74) is 10.7. The van der Waals surface area contributed by atoms with Crippen LogP contribution in [0.15, 0.2) is 152 Å². The molecule has 8 aromatic rings. The van der Waals surface area contributed by atoms with Crippen LogP contribution in [0.25, 0.3) is 77.3 Å². The Kier molecular flexibility index (Phi) is 7.61. The Labute approximate surface area is 274 Å². The lowest BCUT2D eigenvalue weighted by Crippen LogP contribution is -1.93. The van der Waals surface area contributed by atoms with Gasteiger partial charge in [-0.15, -0.1) is 0 Å². The lowest BCUT2D eigenvalue weighted by molar-refractivity contribution is 0.894. The van der Waals surface area contributed by atoms with E-state index in [1.54, 1.807) is 0 Å². The highest BCUT2D eigenvalue weighted by molar-refractivity contribution is 7.98. The highest BCUT2D eigenvalue weighted by Crippen LogP contribution is 2.45. The molecule has 0 saturated carbocycles. The molecule has 0 unspecified atom stereocenters. The molecule has 0 atom stereocenters. The summed E-state index contributed by atoms with van der Waals surface area (Å²) in [5, 5.41) is 5.06. The van der Waals surface area contributed by atoms with Crippen LogP contribution in [0.4, 0.5) is 0 Å². The van der Waals surface area contributed by atoms with E-state index in [0.29, 0.717) is 0 Å². The smallest absolute Gasteiger partial charge is 0.151 e. The van der Waals surface area contributed by atoms with E-state index in [0.717, 1.165) is 28.2 Å². The molecule has 1 aromatic heterocycles. The molecule has 0 aliphatic carbocycles. The van der Waals surface area contributed by atoms with Gasteiger partial charge < -0.3 is 0 Å². The van der Waals surface area contributed by atoms with Crippen molar-refractivity contribution in [2.75, 3.05) is 5.75 Å². The molecule has 0 N–H and O–H groups in total. The molecule has 7 aromatic carbocycles. The number of rotatable bonds is 8. The largest absolute Gasteiger partial charge is 0.265 e. The van der Waals surface area contributed by atoms with E-state index in [1.165, 1.54) is 67.8 Å². The summed E-state index contributed by atoms with van der Waals surface area (Å²) in [4.78, 5) is 5.21. The molecule has 0 aliphatic rings. The average Bonchev–Trinajstić information content (AvgIpc) is 3.49. The van der Waals surface area contributed by atoms with Crippen molar-refractivity contribution in [2.24, 2.45) is 0 Å². The zero-order valence-electron chi connectivity index (χ0n) is 25.9. The van der Waals surface area contributed by atoms with Crippen molar-refractivity contribution in [3.05, 3.63) is 152 Å². The summed E-state index contributed by atoms with van der Waals surface area (Å²) >= 11 is 1.86. The maximum Gasteiger partial charge on any atom is 0.151 e. The maximum absolute atomic E-state index is 5.21. The Morgan fingerprint density at radius 2 is 1.02 bits per heavy atom. The molecule has 0 amide bonds. The third-order valence-electron chi connectivity index (χ3n) is 8.85. The van der Waals surface area contributed by atoms with Crippen LogP contribution < -0.4 is 0 Å². The van der Waals surface area contributed by atoms with E-state index in [9.17, 15) is 0 Å². The van der Waals surface area contributed by atoms with E-state index in [1.807, 2.05) is 11.9 Å². The molecule has 8 rings (SSSR count). The van der Waals surface area contributed by atoms with Gasteiger partial charge in [-0.3, -0.25) is 3.97 Å². The fourth-order valence-electron chi connectivity index (χ4n) is 6.63. The minimum Gasteiger partial charge on any atom is -0.265 e. The second-order valence-corrected chi connectivity index (χ2v) is 12.8. The first-order chi connectivity index (χ1) is 22.8. The van der Waals surface area contributed by atoms with Crippen molar-refractivity contribution < 1.29 is 0 Å². The van der Waals surface area contributed by atoms with Crippen molar-refractivity contribution in [1.82, 2.24) is 8.96 Å². The SMILES string of the molecule is CCCCSn1c(-c2ccccc2)nc2cc(-c3ccc4c(-c5ccccc5)c5ccccc5c(-c5ccccc5)c4c3)ccc21. The Morgan fingerprint density at radius 1 is 0.500 bits per heavy atom. The van der Waals surface area contributed by atoms with Crippen LogP contribution in [0.5, 0.6) is 0 Å². The Hall–Kier alpha value is -5.12. The summed E-state index contributed by atoms with van der Waals surface area (Å²) in [6, 6.07) is 54.8. The topological polar surface area (TPSA) is 17.8 Å². The van der Waals surface area contributed by atoms with Crippen molar-refractivity contribution in [2.45, 2.75) is 19.8 Å². The summed E-state index contributed by atoms with van der Waals surface area (Å²) in [7, 11) is 0. The summed E-state index contributed by atoms with van der Waals surface area (Å²) in [6.45, 7) is 2.25. The molecule has 0 spiro atoms. The van der Waals surface area contributed by atoms with Gasteiger partial charge in [-0.25, -0.2) is 4.98 Å². The standard InChI is InChI=1S/C43H34N2S/c1-2-3-27-46-45-40-26-24-34(29-39(40)44-43(45)32-19-11-6-12-20-32)33-23-25-37-38(28-33)42(31-17-9-5-10-18-31)36-22-14-13-21-35(36)41(37)30-15-7-4-8-16-30/h4-26,28-29H,2-3,27H2,1H3. The van der Waals surface area contributed by atoms with Gasteiger partial charge in [-0.1, -0.05) is 147 Å². The van der Waals surface area contributed by atoms with Crippen molar-refractivity contribution in [3.63, 3.8) is 0 Å². The highest BCUT2D eigenvalue weighted by Gasteiger charge is 2.18. The molecule has 2 nitrogen and oxygen atoms in total. The monoisotopic (exact) mass is 610 g/mol. The summed E-state index contributed by atoms with van der Waals surface area (Å²) in [5.74, 6) is 2.08. The minimum absolute atomic E-state index is 1.01. The lowest BCUT2D eigenvalue weighted by Gasteiger charge is -2.18. The number of imidazole rings is 1. The number of unbranched alkanes of at least 4 members (excludes halogenated alkanes) is 1. The fourth-order valence-corrected chi connectivity index (χ4v) is 7.79. The van der Waals surface area contributed by atoms with E-state index in [-0.39, 0.29) is 0 Å². The van der Waals surface area contributed by atoms with Gasteiger partial charge in [0.15, 0.2) is 5.82 Å². The molecular formula is C43H34N2S. The second-order valence-electron chi connectivity index (χ2n) is 11.8. The van der Waals surface area contributed by atoms with Gasteiger partial charge in [0.05, 0.1) is 11.0 Å². The van der Waals surface area contributed by atoms with Gasteiger partial charge >= 0.3 is 0 Å². The highest BCUT2D eigenvalue weighted by atomic mass is 32.2. The van der Waals surface area contributed by atoms with Gasteiger partial charge in [0, 0.05) is 11.3 Å². The molecule has 0 saturated heterocycles. The van der Waals surface area contributed by atoms with Gasteiger partial charge in [-0.05, 0) is 91.5 Å². The molecule has 222 valence electrons. The normalized spacial score (nSPS) is 11.5. The van der Waals surface area contributed by atoms with E-state index in [4.69, 9.17) is 4.98 Å². The third kappa shape index (κ3) is 5.07. The summed E-state index contributed by atoms with van der Waals surface area (Å²) < 4.78 is 2.33. The first-order valence-corrected chi connectivity index (χ1v) is 17.1. The van der Waals surface area contributed by atoms with Gasteiger partial charge in [0.25, 0.3) is 0 Å². The fraction of sp³-hybridized carbons (Fsp3) is 0.0930. The lowest BCUT2D eigenvalue weighted by atomic mass is 9.85. The molecule has 0 aliphatic heterocycles. The third-order valence-corrected chi connectivity index (χ3v) is 9.94. The van der Waals surface area contributed by atoms with Crippen molar-refractivity contribution >= 4 is 44.5 Å². The molecule has 1 heterocycles. The predicted octanol–water partition coefficient (Wildman–Crippen LogP) is 12.3. The number of aromatic nitrogens is 2. The van der Waals surface area contributed by atoms with Crippen LogP contribution in [-0.2, 0) is 0 Å². The summed E-state index contributed by atoms with van der Waals surface area (Å²) in [6.07, 6.45) is 2.36. The molecular weight excluding hydrogens is 577 g/mol. The number of benzene rings is 7. The maximum atomic E-state index is 5.21. The van der Waals surface area contributed by atoms with Crippen LogP contribution in [0.2, 0.25) is 0 Å². The van der Waals surface area contributed by atoms with Crippen LogP contribution in [0.1, 0.15) is 19.8 Å². The van der Waals surface area contributed by atoms with Crippen LogP contribution in [0, 0.1) is 0 Å². The van der Waals surface area contributed by atoms with Crippen LogP contribution in [0.3, 0.4) is 0 Å². The number of nitrogens with zero attached hydrogens (tertiary/aromatic N) is 2. The Balaban J connectivity index is 1.35. The number of hydrogen-bond acceptors (Lipinski definition) is 2. The molecule has 0 fully saturated rings. The number of fused-ring (bicyclic) bond motifs is 3. The molecule has 3 heteroatoms. The first-order valence-electron chi connectivity index (χ1n) is 16.1. The van der Waals surface area contributed by atoms with Gasteiger partial charge in [0.2, 0.25) is 0 Å². The van der Waals surface area contributed by atoms with Crippen LogP contribution >= 0.6 is 11.9 Å². The zero-order valence-corrected chi connectivity index (χ0v) is 26.7. The quantitative estimate of drug-likeness (QED) is 0.126. The van der Waals surface area contributed by atoms with E-state index >= 15 is 0 Å². The Morgan fingerprint density at radius 3 is 1.65 bits per heavy atom. The predicted molar refractivity (Wildman–Crippen MR) is 199 cm³/mol. The second kappa shape index (κ2) is 12.3. The first kappa shape index (κ1) is 28.4. The molecule has 0 bridgehead atoms. The van der Waals surface area contributed by atoms with E-state index in [2.05, 4.69) is 163 Å². The molecule has 0 radical (unpaired) electrons. The molecule has 46 heavy (non-hydrogen) atoms. The van der Waals surface area contributed by atoms with Gasteiger partial charge in [-0.2, -0.15) is 0 Å². The minimum atomic E-state index is 1.01. The van der Waals surface area contributed by atoms with Crippen molar-refractivity contribution in [3.8, 4) is 44.8 Å². The van der Waals surface area contributed by atoms with E-state index < -0.39 is 0 Å².